The standard InChI is InChI=1S/C14H18ClN/c1-3-5-10(2)16-14-9-8-11-12(14)6-4-7-13(11)15/h3-4,6-7,10,14,16H,1,5,8-9H2,2H3. The molecular formula is C14H18ClN. The summed E-state index contributed by atoms with van der Waals surface area (Å²) in [5.74, 6) is 0. The van der Waals surface area contributed by atoms with Gasteiger partial charge in [-0.2, -0.15) is 0 Å². The van der Waals surface area contributed by atoms with Crippen LogP contribution < -0.4 is 5.32 Å². The monoisotopic (exact) mass is 235 g/mol. The number of halogens is 1. The first-order chi connectivity index (χ1) is 7.72. The molecule has 0 bridgehead atoms. The Bertz CT molecular complexity index is 386. The molecule has 0 amide bonds. The highest BCUT2D eigenvalue weighted by atomic mass is 35.5. The minimum absolute atomic E-state index is 0.462. The molecular weight excluding hydrogens is 218 g/mol. The molecule has 1 aromatic carbocycles. The van der Waals surface area contributed by atoms with Crippen molar-refractivity contribution in [3.05, 3.63) is 47.0 Å². The lowest BCUT2D eigenvalue weighted by Crippen LogP contribution is -2.28. The fraction of sp³-hybridized carbons (Fsp3) is 0.429. The fourth-order valence-corrected chi connectivity index (χ4v) is 2.72. The molecule has 0 spiro atoms. The highest BCUT2D eigenvalue weighted by molar-refractivity contribution is 6.31. The van der Waals surface area contributed by atoms with E-state index in [0.29, 0.717) is 12.1 Å². The van der Waals surface area contributed by atoms with Crippen LogP contribution >= 0.6 is 11.6 Å². The minimum Gasteiger partial charge on any atom is -0.307 e. The zero-order valence-electron chi connectivity index (χ0n) is 9.67. The largest absolute Gasteiger partial charge is 0.307 e. The summed E-state index contributed by atoms with van der Waals surface area (Å²) >= 11 is 6.19. The molecule has 16 heavy (non-hydrogen) atoms. The van der Waals surface area contributed by atoms with Gasteiger partial charge in [-0.05, 0) is 43.4 Å². The van der Waals surface area contributed by atoms with E-state index >= 15 is 0 Å². The quantitative estimate of drug-likeness (QED) is 0.781. The van der Waals surface area contributed by atoms with Crippen molar-refractivity contribution in [1.82, 2.24) is 5.32 Å². The van der Waals surface area contributed by atoms with Gasteiger partial charge in [-0.15, -0.1) is 6.58 Å². The number of fused-ring (bicyclic) bond motifs is 1. The van der Waals surface area contributed by atoms with Crippen LogP contribution in [0.25, 0.3) is 0 Å². The summed E-state index contributed by atoms with van der Waals surface area (Å²) in [6.07, 6.45) is 5.21. The Labute approximate surface area is 103 Å². The van der Waals surface area contributed by atoms with Gasteiger partial charge in [0.15, 0.2) is 0 Å². The average molecular weight is 236 g/mol. The number of hydrogen-bond donors (Lipinski definition) is 1. The molecule has 0 aliphatic heterocycles. The molecule has 1 aromatic rings. The van der Waals surface area contributed by atoms with Crippen LogP contribution in [-0.2, 0) is 6.42 Å². The van der Waals surface area contributed by atoms with Crippen LogP contribution in [0.5, 0.6) is 0 Å². The molecule has 86 valence electrons. The molecule has 0 radical (unpaired) electrons. The van der Waals surface area contributed by atoms with Crippen molar-refractivity contribution >= 4 is 11.6 Å². The van der Waals surface area contributed by atoms with E-state index in [-0.39, 0.29) is 0 Å². The highest BCUT2D eigenvalue weighted by Crippen LogP contribution is 2.35. The number of hydrogen-bond acceptors (Lipinski definition) is 1. The van der Waals surface area contributed by atoms with Gasteiger partial charge in [-0.25, -0.2) is 0 Å². The Morgan fingerprint density at radius 1 is 1.62 bits per heavy atom. The van der Waals surface area contributed by atoms with Crippen LogP contribution in [0.15, 0.2) is 30.9 Å². The van der Waals surface area contributed by atoms with Crippen LogP contribution in [0.4, 0.5) is 0 Å². The van der Waals surface area contributed by atoms with Gasteiger partial charge in [0.1, 0.15) is 0 Å². The smallest absolute Gasteiger partial charge is 0.0441 e. The SMILES string of the molecule is C=CCC(C)NC1CCc2c(Cl)cccc21. The van der Waals surface area contributed by atoms with Crippen molar-refractivity contribution in [2.75, 3.05) is 0 Å². The van der Waals surface area contributed by atoms with E-state index in [1.807, 2.05) is 18.2 Å². The van der Waals surface area contributed by atoms with E-state index in [4.69, 9.17) is 11.6 Å². The second kappa shape index (κ2) is 5.03. The zero-order valence-corrected chi connectivity index (χ0v) is 10.4. The van der Waals surface area contributed by atoms with Crippen molar-refractivity contribution in [2.45, 2.75) is 38.3 Å². The molecule has 1 N–H and O–H groups in total. The molecule has 2 unspecified atom stereocenters. The van der Waals surface area contributed by atoms with Crippen molar-refractivity contribution in [3.8, 4) is 0 Å². The van der Waals surface area contributed by atoms with Crippen LogP contribution in [0, 0.1) is 0 Å². The average Bonchev–Trinajstić information content (AvgIpc) is 2.64. The maximum absolute atomic E-state index is 6.19. The Hall–Kier alpha value is -0.790. The molecule has 1 aliphatic rings. The lowest BCUT2D eigenvalue weighted by Gasteiger charge is -2.19. The van der Waals surface area contributed by atoms with Crippen molar-refractivity contribution in [2.24, 2.45) is 0 Å². The lowest BCUT2D eigenvalue weighted by atomic mass is 10.1. The predicted molar refractivity (Wildman–Crippen MR) is 69.9 cm³/mol. The summed E-state index contributed by atoms with van der Waals surface area (Å²) in [5.41, 5.74) is 2.70. The molecule has 0 heterocycles. The summed E-state index contributed by atoms with van der Waals surface area (Å²) < 4.78 is 0. The van der Waals surface area contributed by atoms with Crippen LogP contribution in [0.3, 0.4) is 0 Å². The Morgan fingerprint density at radius 2 is 2.44 bits per heavy atom. The molecule has 2 heteroatoms. The van der Waals surface area contributed by atoms with Gasteiger partial charge >= 0.3 is 0 Å². The van der Waals surface area contributed by atoms with Crippen molar-refractivity contribution < 1.29 is 0 Å². The number of rotatable bonds is 4. The highest BCUT2D eigenvalue weighted by Gasteiger charge is 2.24. The van der Waals surface area contributed by atoms with Gasteiger partial charge in [0.05, 0.1) is 0 Å². The van der Waals surface area contributed by atoms with Gasteiger partial charge in [0, 0.05) is 17.1 Å². The topological polar surface area (TPSA) is 12.0 Å². The van der Waals surface area contributed by atoms with Crippen LogP contribution in [0.1, 0.15) is 36.9 Å². The van der Waals surface area contributed by atoms with E-state index < -0.39 is 0 Å². The molecule has 2 atom stereocenters. The third kappa shape index (κ3) is 2.31. The first kappa shape index (κ1) is 11.7. The number of benzene rings is 1. The third-order valence-electron chi connectivity index (χ3n) is 3.22. The van der Waals surface area contributed by atoms with Gasteiger partial charge in [0.25, 0.3) is 0 Å². The Morgan fingerprint density at radius 3 is 3.19 bits per heavy atom. The van der Waals surface area contributed by atoms with E-state index in [1.54, 1.807) is 0 Å². The maximum atomic E-state index is 6.19. The van der Waals surface area contributed by atoms with Crippen LogP contribution in [-0.4, -0.2) is 6.04 Å². The lowest BCUT2D eigenvalue weighted by molar-refractivity contribution is 0.456. The molecule has 1 nitrogen and oxygen atoms in total. The summed E-state index contributed by atoms with van der Waals surface area (Å²) in [5, 5.41) is 4.55. The minimum atomic E-state index is 0.462. The Balaban J connectivity index is 2.11. The first-order valence-corrected chi connectivity index (χ1v) is 6.24. The van der Waals surface area contributed by atoms with Gasteiger partial charge in [0.2, 0.25) is 0 Å². The van der Waals surface area contributed by atoms with Gasteiger partial charge < -0.3 is 5.32 Å². The summed E-state index contributed by atoms with van der Waals surface area (Å²) in [4.78, 5) is 0. The van der Waals surface area contributed by atoms with Crippen molar-refractivity contribution in [3.63, 3.8) is 0 Å². The van der Waals surface area contributed by atoms with Gasteiger partial charge in [-0.1, -0.05) is 29.8 Å². The molecule has 1 aliphatic carbocycles. The molecule has 0 aromatic heterocycles. The second-order valence-electron chi connectivity index (χ2n) is 4.49. The van der Waals surface area contributed by atoms with E-state index in [0.717, 1.165) is 24.3 Å². The molecule has 0 saturated carbocycles. The fourth-order valence-electron chi connectivity index (χ4n) is 2.44. The second-order valence-corrected chi connectivity index (χ2v) is 4.90. The van der Waals surface area contributed by atoms with E-state index in [2.05, 4.69) is 24.9 Å². The summed E-state index contributed by atoms with van der Waals surface area (Å²) in [6.45, 7) is 5.97. The van der Waals surface area contributed by atoms with Crippen LogP contribution in [0.2, 0.25) is 5.02 Å². The Kier molecular flexibility index (Phi) is 3.67. The summed E-state index contributed by atoms with van der Waals surface area (Å²) in [7, 11) is 0. The molecule has 2 rings (SSSR count). The predicted octanol–water partition coefficient (Wildman–Crippen LogP) is 3.88. The van der Waals surface area contributed by atoms with Gasteiger partial charge in [-0.3, -0.25) is 0 Å². The summed E-state index contributed by atoms with van der Waals surface area (Å²) in [6, 6.07) is 7.15. The molecule has 0 fully saturated rings. The third-order valence-corrected chi connectivity index (χ3v) is 3.57. The van der Waals surface area contributed by atoms with E-state index in [1.165, 1.54) is 11.1 Å². The maximum Gasteiger partial charge on any atom is 0.0441 e. The first-order valence-electron chi connectivity index (χ1n) is 5.86. The van der Waals surface area contributed by atoms with Crippen molar-refractivity contribution in [1.29, 1.82) is 0 Å². The number of nitrogens with one attached hydrogen (secondary N) is 1. The molecule has 0 saturated heterocycles. The zero-order chi connectivity index (χ0) is 11.5. The van der Waals surface area contributed by atoms with E-state index in [9.17, 15) is 0 Å². The normalized spacial score (nSPS) is 20.5.